The second kappa shape index (κ2) is 9.33. The van der Waals surface area contributed by atoms with Crippen molar-refractivity contribution in [2.45, 2.75) is 93.5 Å². The number of hydrogen-bond acceptors (Lipinski definition) is 12. The molecule has 0 radical (unpaired) electrons. The van der Waals surface area contributed by atoms with Crippen LogP contribution >= 0.6 is 0 Å². The van der Waals surface area contributed by atoms with Crippen molar-refractivity contribution in [2.24, 2.45) is 11.3 Å². The Morgan fingerprint density at radius 1 is 1.10 bits per heavy atom. The van der Waals surface area contributed by atoms with E-state index >= 15 is 0 Å². The number of unbranched alkanes of at least 4 members (excludes halogenated alkanes) is 1. The monoisotopic (exact) mass is 552 g/mol. The zero-order valence-electron chi connectivity index (χ0n) is 21.9. The Bertz CT molecular complexity index is 1100. The Morgan fingerprint density at radius 2 is 1.85 bits per heavy atom. The average Bonchev–Trinajstić information content (AvgIpc) is 3.11. The summed E-state index contributed by atoms with van der Waals surface area (Å²) in [4.78, 5) is 13.0. The first kappa shape index (κ1) is 27.3. The molecule has 7 aliphatic rings. The van der Waals surface area contributed by atoms with Crippen LogP contribution in [0.2, 0.25) is 0 Å². The van der Waals surface area contributed by atoms with Crippen molar-refractivity contribution in [2.75, 3.05) is 19.8 Å². The van der Waals surface area contributed by atoms with Crippen LogP contribution < -0.4 is 0 Å². The minimum atomic E-state index is -1.61. The molecular formula is C27H36O12. The fourth-order valence-electron chi connectivity index (χ4n) is 7.44. The molecule has 39 heavy (non-hydrogen) atoms. The maximum atomic E-state index is 13.0. The average molecular weight is 553 g/mol. The second-order valence-corrected chi connectivity index (χ2v) is 11.6. The second-order valence-electron chi connectivity index (χ2n) is 11.6. The SMILES string of the molecule is CCCCO[C@]12C[C@]3(C)O[C@H](O1)[C@]1(COC(=O)c4ccc(O)cc4)[C@H]2C[C@@]13O[C@@H]1O[C@H](CO)[C@@H](O)[C@H](O)[C@H]1O. The van der Waals surface area contributed by atoms with Gasteiger partial charge in [0.15, 0.2) is 18.4 Å². The van der Waals surface area contributed by atoms with E-state index in [1.54, 1.807) is 0 Å². The lowest BCUT2D eigenvalue weighted by molar-refractivity contribution is -0.430. The van der Waals surface area contributed by atoms with Gasteiger partial charge >= 0.3 is 5.97 Å². The molecular weight excluding hydrogens is 516 g/mol. The molecule has 4 aliphatic heterocycles. The van der Waals surface area contributed by atoms with Crippen LogP contribution in [0, 0.1) is 11.3 Å². The number of phenolic OH excluding ortho intramolecular Hbond substituents is 1. The van der Waals surface area contributed by atoms with E-state index < -0.39 is 72.0 Å². The Kier molecular flexibility index (Phi) is 6.53. The summed E-state index contributed by atoms with van der Waals surface area (Å²) < 4.78 is 37.2. The van der Waals surface area contributed by atoms with Crippen molar-refractivity contribution in [1.82, 2.24) is 0 Å². The number of aliphatic hydroxyl groups excluding tert-OH is 4. The van der Waals surface area contributed by atoms with Crippen molar-refractivity contribution in [3.8, 4) is 5.75 Å². The molecule has 5 N–H and O–H groups in total. The summed E-state index contributed by atoms with van der Waals surface area (Å²) >= 11 is 0. The number of carbonyl (C=O) groups is 1. The first-order valence-electron chi connectivity index (χ1n) is 13.5. The van der Waals surface area contributed by atoms with E-state index in [1.807, 2.05) is 6.92 Å². The fraction of sp³-hybridized carbons (Fsp3) is 0.741. The van der Waals surface area contributed by atoms with Gasteiger partial charge in [-0.15, -0.1) is 0 Å². The topological polar surface area (TPSA) is 174 Å². The predicted molar refractivity (Wildman–Crippen MR) is 129 cm³/mol. The number of benzene rings is 1. The minimum Gasteiger partial charge on any atom is -0.508 e. The van der Waals surface area contributed by atoms with Gasteiger partial charge in [0, 0.05) is 12.3 Å². The summed E-state index contributed by atoms with van der Waals surface area (Å²) in [7, 11) is 0. The highest BCUT2D eigenvalue weighted by atomic mass is 16.8. The van der Waals surface area contributed by atoms with Crippen LogP contribution in [0.25, 0.3) is 0 Å². The lowest BCUT2D eigenvalue weighted by Gasteiger charge is -2.68. The lowest BCUT2D eigenvalue weighted by atomic mass is 9.41. The highest BCUT2D eigenvalue weighted by Gasteiger charge is 2.95. The number of aliphatic hydroxyl groups is 4. The van der Waals surface area contributed by atoms with E-state index in [1.165, 1.54) is 24.3 Å². The van der Waals surface area contributed by atoms with Crippen molar-refractivity contribution in [3.05, 3.63) is 29.8 Å². The number of phenols is 1. The van der Waals surface area contributed by atoms with Crippen LogP contribution in [-0.2, 0) is 28.4 Å². The van der Waals surface area contributed by atoms with E-state index in [2.05, 4.69) is 6.92 Å². The Balaban J connectivity index is 1.32. The lowest BCUT2D eigenvalue weighted by Crippen LogP contribution is -2.81. The molecule has 1 aromatic carbocycles. The van der Waals surface area contributed by atoms with Crippen LogP contribution in [0.4, 0.5) is 0 Å². The molecule has 12 nitrogen and oxygen atoms in total. The van der Waals surface area contributed by atoms with Crippen LogP contribution in [0.3, 0.4) is 0 Å². The number of rotatable bonds is 10. The van der Waals surface area contributed by atoms with Crippen LogP contribution in [0.1, 0.15) is 49.9 Å². The number of esters is 1. The van der Waals surface area contributed by atoms with Crippen molar-refractivity contribution >= 4 is 5.97 Å². The first-order chi connectivity index (χ1) is 18.6. The van der Waals surface area contributed by atoms with E-state index in [0.29, 0.717) is 19.4 Å². The summed E-state index contributed by atoms with van der Waals surface area (Å²) in [6, 6.07) is 5.70. The maximum absolute atomic E-state index is 13.0. The summed E-state index contributed by atoms with van der Waals surface area (Å²) in [5, 5.41) is 50.6. The number of aromatic hydroxyl groups is 1. The molecule has 8 rings (SSSR count). The van der Waals surface area contributed by atoms with Gasteiger partial charge in [-0.25, -0.2) is 4.79 Å². The van der Waals surface area contributed by atoms with E-state index in [4.69, 9.17) is 28.4 Å². The third-order valence-corrected chi connectivity index (χ3v) is 9.48. The van der Waals surface area contributed by atoms with Crippen LogP contribution in [0.5, 0.6) is 5.75 Å². The highest BCUT2D eigenvalue weighted by Crippen LogP contribution is 2.82. The smallest absolute Gasteiger partial charge is 0.338 e. The molecule has 1 aromatic rings. The number of ether oxygens (including phenoxy) is 6. The first-order valence-corrected chi connectivity index (χ1v) is 13.5. The zero-order valence-corrected chi connectivity index (χ0v) is 21.9. The highest BCUT2D eigenvalue weighted by molar-refractivity contribution is 5.89. The molecule has 3 aliphatic carbocycles. The predicted octanol–water partition coefficient (Wildman–Crippen LogP) is 0.172. The largest absolute Gasteiger partial charge is 0.508 e. The summed E-state index contributed by atoms with van der Waals surface area (Å²) in [6.45, 7) is 3.68. The molecule has 0 amide bonds. The molecule has 0 spiro atoms. The molecule has 0 aromatic heterocycles. The molecule has 0 unspecified atom stereocenters. The zero-order chi connectivity index (χ0) is 27.8. The standard InChI is InChI=1S/C27H36O12/c1-3-4-9-35-26-12-24(2)27(37-22-20(32)19(31)18(30)16(11-28)36-22)10-17(26)25(27,23(38-24)39-26)13-34-21(33)14-5-7-15(29)8-6-14/h5-8,16-20,22-23,28-32H,3-4,9-13H2,1-2H3/t16-,17-,18-,19+,20-,22+,23-,24+,25+,26-,27+/m1/s1. The number of carbonyl (C=O) groups excluding carboxylic acids is 1. The Morgan fingerprint density at radius 3 is 2.54 bits per heavy atom. The summed E-state index contributed by atoms with van der Waals surface area (Å²) in [5.74, 6) is -1.81. The van der Waals surface area contributed by atoms with Gasteiger partial charge < -0.3 is 54.0 Å². The van der Waals surface area contributed by atoms with Crippen molar-refractivity contribution < 1.29 is 58.7 Å². The van der Waals surface area contributed by atoms with Crippen molar-refractivity contribution in [3.63, 3.8) is 0 Å². The quantitative estimate of drug-likeness (QED) is 0.197. The van der Waals surface area contributed by atoms with Gasteiger partial charge in [-0.3, -0.25) is 0 Å². The van der Waals surface area contributed by atoms with E-state index in [9.17, 15) is 30.3 Å². The maximum Gasteiger partial charge on any atom is 0.338 e. The van der Waals surface area contributed by atoms with Gasteiger partial charge in [-0.2, -0.15) is 0 Å². The molecule has 216 valence electrons. The van der Waals surface area contributed by atoms with Gasteiger partial charge in [0.05, 0.1) is 24.2 Å². The Labute approximate surface area is 225 Å². The molecule has 11 atom stereocenters. The normalized spacial score (nSPS) is 47.3. The van der Waals surface area contributed by atoms with Crippen LogP contribution in [-0.4, -0.2) is 105 Å². The van der Waals surface area contributed by atoms with E-state index in [-0.39, 0.29) is 23.8 Å². The van der Waals surface area contributed by atoms with Gasteiger partial charge in [0.25, 0.3) is 0 Å². The van der Waals surface area contributed by atoms with Gasteiger partial charge in [-0.1, -0.05) is 13.3 Å². The molecule has 4 saturated heterocycles. The molecule has 6 bridgehead atoms. The van der Waals surface area contributed by atoms with Crippen molar-refractivity contribution in [1.29, 1.82) is 0 Å². The van der Waals surface area contributed by atoms with Gasteiger partial charge in [0.2, 0.25) is 0 Å². The molecule has 7 fully saturated rings. The van der Waals surface area contributed by atoms with Gasteiger partial charge in [-0.05, 0) is 44.0 Å². The number of hydrogen-bond donors (Lipinski definition) is 5. The van der Waals surface area contributed by atoms with Crippen LogP contribution in [0.15, 0.2) is 24.3 Å². The molecule has 12 heteroatoms. The summed E-state index contributed by atoms with van der Waals surface area (Å²) in [6.07, 6.45) is -5.63. The Hall–Kier alpha value is -1.87. The fourth-order valence-corrected chi connectivity index (χ4v) is 7.44. The third-order valence-electron chi connectivity index (χ3n) is 9.48. The summed E-state index contributed by atoms with van der Waals surface area (Å²) in [5.41, 5.74) is -2.91. The van der Waals surface area contributed by atoms with E-state index in [0.717, 1.165) is 12.8 Å². The van der Waals surface area contributed by atoms with Gasteiger partial charge in [0.1, 0.15) is 48.0 Å². The molecule has 4 heterocycles. The minimum absolute atomic E-state index is 0.0194. The molecule has 3 saturated carbocycles. The third kappa shape index (κ3) is 3.60.